The Labute approximate surface area is 614 Å². The van der Waals surface area contributed by atoms with E-state index in [4.69, 9.17) is 66.6 Å². The average Bonchev–Trinajstić information content (AvgIpc) is 0.792. The molecule has 0 fully saturated rings. The van der Waals surface area contributed by atoms with E-state index in [-0.39, 0.29) is 116 Å². The van der Waals surface area contributed by atoms with Crippen molar-refractivity contribution in [2.75, 3.05) is 30.0 Å². The second-order valence-electron chi connectivity index (χ2n) is 25.8. The van der Waals surface area contributed by atoms with E-state index in [9.17, 15) is 65.1 Å². The quantitative estimate of drug-likeness (QED) is 0.0142. The zero-order valence-electron chi connectivity index (χ0n) is 57.0. The maximum Gasteiger partial charge on any atom is 0.407 e. The van der Waals surface area contributed by atoms with Crippen LogP contribution in [0.5, 0.6) is 5.75 Å². The average molecular weight is 1520 g/mol. The van der Waals surface area contributed by atoms with Crippen LogP contribution in [0, 0.1) is 18.2 Å². The first-order valence-electron chi connectivity index (χ1n) is 32.2. The second kappa shape index (κ2) is 35.9. The van der Waals surface area contributed by atoms with Crippen molar-refractivity contribution in [3.63, 3.8) is 0 Å². The molecule has 0 bridgehead atoms. The third kappa shape index (κ3) is 23.9. The molecule has 0 radical (unpaired) electrons. The molecule has 24 nitrogen and oxygen atoms in total. The van der Waals surface area contributed by atoms with Crippen LogP contribution in [0.1, 0.15) is 123 Å². The highest BCUT2D eigenvalue weighted by Gasteiger charge is 2.39. The summed E-state index contributed by atoms with van der Waals surface area (Å²) >= 11 is 23.6. The van der Waals surface area contributed by atoms with Gasteiger partial charge >= 0.3 is 22.3 Å². The van der Waals surface area contributed by atoms with Crippen molar-refractivity contribution in [1.29, 1.82) is 0 Å². The Kier molecular flexibility index (Phi) is 28.1. The molecule has 8 amide bonds. The van der Waals surface area contributed by atoms with E-state index in [1.165, 1.54) is 46.2 Å². The normalized spacial score (nSPS) is 14.6. The van der Waals surface area contributed by atoms with Crippen molar-refractivity contribution >= 4 is 133 Å². The molecule has 0 unspecified atom stereocenters. The maximum atomic E-state index is 14.9. The number of Topliss-reactive ketones (excluding diaryl/α,β-unsaturated/α-hetero) is 2. The largest absolute Gasteiger partial charge is 0.444 e. The van der Waals surface area contributed by atoms with Crippen molar-refractivity contribution in [3.05, 3.63) is 198 Å². The number of benzene rings is 6. The summed E-state index contributed by atoms with van der Waals surface area (Å²) in [5.74, 6) is -6.69. The molecule has 4 atom stereocenters. The number of carbonyl (C=O) groups is 10. The lowest BCUT2D eigenvalue weighted by molar-refractivity contribution is -0.142. The molecule has 0 aliphatic carbocycles. The predicted molar refractivity (Wildman–Crippen MR) is 382 cm³/mol. The molecule has 0 saturated carbocycles. The highest BCUT2D eigenvalue weighted by Crippen LogP contribution is 2.34. The molecule has 0 saturated heterocycles. The molecule has 6 aromatic rings. The standard InChI is InChI=1S/C36H36Cl2FN5O6.C36H39Cl2FN4O9S/c1-36(2,3)50-35(49)41-17-16-27(33(47)42-26-13-12-25(37)31(38)32(26)39)43-34(48)28-19-22-10-11-24(40-4)18-23(22)20-44(28)30(46)15-14-29(45)21-8-6-5-7-9-21;1-36(2,3)51-35(48)40-17-16-27(33(46)41-26-13-12-25(37)31(38)32(26)39)42-34(47)28-19-22-10-11-24(52-53(4,49)50)18-23(22)20-43(28)30(45)15-14-29(44)21-8-6-5-7-9-21/h5-13,18,27-28H,14-17,19-20H2,1-3H3,(H,41,49)(H,42,47)(H,43,48);5-13,18,27-28H,14-17,19-20H2,1-4H3,(H,40,48)(H,41,46)(H,42,47)/t2*27-,28-/m00/s1. The van der Waals surface area contributed by atoms with Gasteiger partial charge in [-0.2, -0.15) is 8.42 Å². The third-order valence-corrected chi connectivity index (χ3v) is 17.7. The number of anilines is 2. The van der Waals surface area contributed by atoms with Crippen molar-refractivity contribution in [2.45, 2.75) is 141 Å². The number of hydrogen-bond acceptors (Lipinski definition) is 15. The lowest BCUT2D eigenvalue weighted by atomic mass is 9.92. The van der Waals surface area contributed by atoms with E-state index in [2.05, 4.69) is 36.7 Å². The number of fused-ring (bicyclic) bond motifs is 2. The van der Waals surface area contributed by atoms with Gasteiger partial charge in [-0.3, -0.25) is 38.4 Å². The predicted octanol–water partition coefficient (Wildman–Crippen LogP) is 12.1. The molecular formula is C72H75Cl4F2N9O15S. The summed E-state index contributed by atoms with van der Waals surface area (Å²) < 4.78 is 68.8. The molecule has 31 heteroatoms. The Bertz CT molecular complexity index is 4370. The number of rotatable bonds is 24. The Morgan fingerprint density at radius 1 is 0.553 bits per heavy atom. The van der Waals surface area contributed by atoms with Crippen molar-refractivity contribution in [1.82, 2.24) is 31.1 Å². The summed E-state index contributed by atoms with van der Waals surface area (Å²) in [5, 5.41) is 14.2. The van der Waals surface area contributed by atoms with Crippen LogP contribution in [0.2, 0.25) is 20.1 Å². The molecule has 0 spiro atoms. The molecule has 8 rings (SSSR count). The number of amides is 8. The minimum Gasteiger partial charge on any atom is -0.444 e. The lowest BCUT2D eigenvalue weighted by Gasteiger charge is -2.37. The van der Waals surface area contributed by atoms with E-state index in [0.29, 0.717) is 33.5 Å². The fraction of sp³-hybridized carbons (Fsp3) is 0.347. The van der Waals surface area contributed by atoms with Crippen LogP contribution in [0.4, 0.5) is 35.4 Å². The van der Waals surface area contributed by atoms with E-state index >= 15 is 0 Å². The highest BCUT2D eigenvalue weighted by molar-refractivity contribution is 7.86. The number of carbonyl (C=O) groups excluding carboxylic acids is 10. The molecule has 546 valence electrons. The van der Waals surface area contributed by atoms with E-state index < -0.39 is 115 Å². The Hall–Kier alpha value is -9.72. The zero-order chi connectivity index (χ0) is 75.7. The smallest absolute Gasteiger partial charge is 0.407 e. The number of halogens is 6. The first kappa shape index (κ1) is 80.6. The first-order valence-corrected chi connectivity index (χ1v) is 35.5. The molecule has 0 aromatic heterocycles. The number of alkyl carbamates (subject to hydrolysis) is 2. The SMILES string of the molecule is CC(C)(C)OC(=O)NCC[C@H](NC(=O)[C@@H]1Cc2ccc(OS(C)(=O)=O)cc2CN1C(=O)CCC(=O)c1ccccc1)C(=O)Nc1ccc(Cl)c(Cl)c1F.[C-]#[N+]c1ccc2c(c1)CN(C(=O)CCC(=O)c1ccccc1)[C@H](C(=O)N[C@@H](CCNC(=O)OC(C)(C)C)C(=O)Nc1ccc(Cl)c(Cl)c1F)C2. The summed E-state index contributed by atoms with van der Waals surface area (Å²) in [7, 11) is -3.87. The van der Waals surface area contributed by atoms with Gasteiger partial charge in [-0.25, -0.2) is 23.2 Å². The van der Waals surface area contributed by atoms with Crippen LogP contribution in [-0.4, -0.2) is 132 Å². The van der Waals surface area contributed by atoms with Gasteiger partial charge in [0.1, 0.15) is 41.1 Å². The Morgan fingerprint density at radius 3 is 1.34 bits per heavy atom. The van der Waals surface area contributed by atoms with Gasteiger partial charge in [0.05, 0.1) is 44.3 Å². The first-order chi connectivity index (χ1) is 48.5. The summed E-state index contributed by atoms with van der Waals surface area (Å²) in [4.78, 5) is 139. The minimum absolute atomic E-state index is 0.00423. The molecule has 2 aliphatic heterocycles. The maximum absolute atomic E-state index is 14.9. The molecule has 2 aliphatic rings. The van der Waals surface area contributed by atoms with Crippen LogP contribution in [0.3, 0.4) is 0 Å². The van der Waals surface area contributed by atoms with Crippen LogP contribution in [0.25, 0.3) is 4.85 Å². The van der Waals surface area contributed by atoms with Crippen LogP contribution in [-0.2, 0) is 74.3 Å². The van der Waals surface area contributed by atoms with Gasteiger partial charge in [0.2, 0.25) is 35.4 Å². The van der Waals surface area contributed by atoms with Crippen LogP contribution >= 0.6 is 46.4 Å². The summed E-state index contributed by atoms with van der Waals surface area (Å²) in [6.07, 6.45) is -1.65. The monoisotopic (exact) mass is 1520 g/mol. The summed E-state index contributed by atoms with van der Waals surface area (Å²) in [6, 6.07) is 26.3. The fourth-order valence-electron chi connectivity index (χ4n) is 10.7. The molecule has 6 aromatic carbocycles. The highest BCUT2D eigenvalue weighted by atomic mass is 35.5. The number of nitrogens with zero attached hydrogens (tertiary/aromatic N) is 3. The fourth-order valence-corrected chi connectivity index (χ4v) is 11.8. The van der Waals surface area contributed by atoms with Crippen LogP contribution in [0.15, 0.2) is 121 Å². The summed E-state index contributed by atoms with van der Waals surface area (Å²) in [6.45, 7) is 17.0. The topological polar surface area (TPSA) is 316 Å². The van der Waals surface area contributed by atoms with E-state index in [1.807, 2.05) is 0 Å². The van der Waals surface area contributed by atoms with Crippen molar-refractivity contribution in [2.24, 2.45) is 0 Å². The number of ether oxygens (including phenoxy) is 2. The second-order valence-corrected chi connectivity index (χ2v) is 29.0. The van der Waals surface area contributed by atoms with Gasteiger partial charge in [0, 0.05) is 75.8 Å². The molecule has 2 heterocycles. The van der Waals surface area contributed by atoms with E-state index in [0.717, 1.165) is 11.8 Å². The van der Waals surface area contributed by atoms with Gasteiger partial charge in [0.25, 0.3) is 0 Å². The minimum atomic E-state index is -3.87. The van der Waals surface area contributed by atoms with Gasteiger partial charge in [-0.1, -0.05) is 131 Å². The number of hydrogen-bond donors (Lipinski definition) is 6. The third-order valence-electron chi connectivity index (χ3n) is 15.6. The molecular weight excluding hydrogens is 1440 g/mol. The van der Waals surface area contributed by atoms with Crippen molar-refractivity contribution in [3.8, 4) is 5.75 Å². The van der Waals surface area contributed by atoms with Crippen molar-refractivity contribution < 1.29 is 78.8 Å². The zero-order valence-corrected chi connectivity index (χ0v) is 60.8. The number of ketones is 2. The van der Waals surface area contributed by atoms with Gasteiger partial charge < -0.3 is 55.4 Å². The Morgan fingerprint density at radius 2 is 0.951 bits per heavy atom. The lowest BCUT2D eigenvalue weighted by Crippen LogP contribution is -2.56. The number of nitrogens with one attached hydrogen (secondary N) is 6. The molecule has 103 heavy (non-hydrogen) atoms. The van der Waals surface area contributed by atoms with Gasteiger partial charge in [-0.15, -0.1) is 0 Å². The molecule has 6 N–H and O–H groups in total. The Balaban J connectivity index is 0.000000289. The van der Waals surface area contributed by atoms with Gasteiger partial charge in [-0.05, 0) is 113 Å². The summed E-state index contributed by atoms with van der Waals surface area (Å²) in [5.41, 5.74) is 1.54. The van der Waals surface area contributed by atoms with Crippen LogP contribution < -0.4 is 36.1 Å². The van der Waals surface area contributed by atoms with Gasteiger partial charge in [0.15, 0.2) is 28.9 Å². The van der Waals surface area contributed by atoms with E-state index in [1.54, 1.807) is 126 Å².